The fourth-order valence-corrected chi connectivity index (χ4v) is 3.76. The lowest BCUT2D eigenvalue weighted by molar-refractivity contribution is -0.211. The maximum absolute atomic E-state index is 12.6. The van der Waals surface area contributed by atoms with Crippen LogP contribution in [0.1, 0.15) is 55.3 Å². The Morgan fingerprint density at radius 2 is 2.21 bits per heavy atom. The van der Waals surface area contributed by atoms with E-state index in [1.54, 1.807) is 11.0 Å². The van der Waals surface area contributed by atoms with Gasteiger partial charge in [0.15, 0.2) is 5.69 Å². The van der Waals surface area contributed by atoms with Crippen LogP contribution in [0.2, 0.25) is 0 Å². The number of rotatable bonds is 5. The smallest absolute Gasteiger partial charge is 0.276 e. The molecule has 2 fully saturated rings. The summed E-state index contributed by atoms with van der Waals surface area (Å²) < 4.78 is 10.9. The van der Waals surface area contributed by atoms with Crippen LogP contribution < -0.4 is 0 Å². The lowest BCUT2D eigenvalue weighted by Gasteiger charge is -2.56. The van der Waals surface area contributed by atoms with E-state index in [0.29, 0.717) is 50.4 Å². The average Bonchev–Trinajstić information content (AvgIpc) is 3.08. The molecule has 0 aromatic carbocycles. The minimum atomic E-state index is -0.391. The highest BCUT2D eigenvalue weighted by Gasteiger charge is 2.56. The van der Waals surface area contributed by atoms with Crippen molar-refractivity contribution in [3.05, 3.63) is 17.5 Å². The molecule has 7 nitrogen and oxygen atoms in total. The number of hydrogen-bond acceptors (Lipinski definition) is 6. The van der Waals surface area contributed by atoms with E-state index in [9.17, 15) is 9.90 Å². The van der Waals surface area contributed by atoms with Gasteiger partial charge in [0.05, 0.1) is 25.4 Å². The molecule has 1 aliphatic heterocycles. The molecule has 1 saturated heterocycles. The molecule has 2 aliphatic rings. The molecule has 1 aromatic rings. The molecule has 7 heteroatoms. The third-order valence-corrected chi connectivity index (χ3v) is 5.45. The van der Waals surface area contributed by atoms with Gasteiger partial charge in [-0.15, -0.1) is 0 Å². The van der Waals surface area contributed by atoms with Crippen molar-refractivity contribution in [2.45, 2.75) is 51.2 Å². The van der Waals surface area contributed by atoms with Crippen molar-refractivity contribution in [1.29, 1.82) is 0 Å². The van der Waals surface area contributed by atoms with Crippen LogP contribution in [0.3, 0.4) is 0 Å². The van der Waals surface area contributed by atoms with Crippen molar-refractivity contribution in [3.63, 3.8) is 0 Å². The van der Waals surface area contributed by atoms with Crippen LogP contribution in [-0.4, -0.2) is 64.7 Å². The summed E-state index contributed by atoms with van der Waals surface area (Å²) in [6, 6.07) is 1.71. The molecule has 2 heterocycles. The molecule has 1 spiro atoms. The second kappa shape index (κ2) is 6.82. The van der Waals surface area contributed by atoms with Crippen LogP contribution in [-0.2, 0) is 4.74 Å². The molecular formula is C17H26N2O5. The monoisotopic (exact) mass is 338 g/mol. The predicted molar refractivity (Wildman–Crippen MR) is 85.6 cm³/mol. The Morgan fingerprint density at radius 3 is 2.75 bits per heavy atom. The van der Waals surface area contributed by atoms with Crippen LogP contribution in [0.5, 0.6) is 0 Å². The van der Waals surface area contributed by atoms with Gasteiger partial charge in [-0.2, -0.15) is 0 Å². The average molecular weight is 338 g/mol. The van der Waals surface area contributed by atoms with E-state index in [0.717, 1.165) is 0 Å². The number of hydrogen-bond donors (Lipinski definition) is 2. The van der Waals surface area contributed by atoms with E-state index in [1.165, 1.54) is 0 Å². The Hall–Kier alpha value is -1.44. The zero-order valence-electron chi connectivity index (χ0n) is 14.3. The van der Waals surface area contributed by atoms with Crippen LogP contribution in [0.4, 0.5) is 0 Å². The van der Waals surface area contributed by atoms with Crippen molar-refractivity contribution in [2.75, 3.05) is 26.3 Å². The molecule has 0 radical (unpaired) electrons. The fourth-order valence-electron chi connectivity index (χ4n) is 3.76. The van der Waals surface area contributed by atoms with Gasteiger partial charge in [-0.1, -0.05) is 19.0 Å². The first-order chi connectivity index (χ1) is 11.5. The number of aliphatic hydroxyl groups excluding tert-OH is 2. The van der Waals surface area contributed by atoms with Gasteiger partial charge in [-0.25, -0.2) is 0 Å². The Kier molecular flexibility index (Phi) is 4.94. The Labute approximate surface area is 141 Å². The molecule has 1 saturated carbocycles. The maximum atomic E-state index is 12.6. The number of aliphatic hydroxyl groups is 2. The summed E-state index contributed by atoms with van der Waals surface area (Å²) in [5, 5.41) is 23.0. The van der Waals surface area contributed by atoms with Crippen LogP contribution >= 0.6 is 0 Å². The molecule has 2 N–H and O–H groups in total. The second-order valence-electron chi connectivity index (χ2n) is 7.13. The molecule has 1 aliphatic carbocycles. The van der Waals surface area contributed by atoms with E-state index >= 15 is 0 Å². The van der Waals surface area contributed by atoms with Crippen molar-refractivity contribution >= 4 is 5.91 Å². The van der Waals surface area contributed by atoms with Crippen molar-refractivity contribution in [2.24, 2.45) is 5.41 Å². The number of piperidine rings is 1. The molecule has 1 aromatic heterocycles. The number of aromatic nitrogens is 1. The maximum Gasteiger partial charge on any atom is 0.276 e. The van der Waals surface area contributed by atoms with Gasteiger partial charge in [0.2, 0.25) is 0 Å². The minimum absolute atomic E-state index is 0.0162. The first-order valence-electron chi connectivity index (χ1n) is 8.64. The van der Waals surface area contributed by atoms with Gasteiger partial charge in [0.1, 0.15) is 5.76 Å². The summed E-state index contributed by atoms with van der Waals surface area (Å²) in [6.45, 7) is 5.39. The number of carbonyl (C=O) groups is 1. The molecular weight excluding hydrogens is 312 g/mol. The van der Waals surface area contributed by atoms with E-state index in [-0.39, 0.29) is 30.0 Å². The molecule has 0 bridgehead atoms. The molecule has 1 amide bonds. The first-order valence-corrected chi connectivity index (χ1v) is 8.64. The standard InChI is InChI=1S/C17H26N2O5/c1-11(2)13-9-12(18-24-13)16(22)19-5-3-17(4-6-19)14(21)10-15(17)23-8-7-20/h9,11,14-15,20-21H,3-8,10H2,1-2H3. The van der Waals surface area contributed by atoms with Gasteiger partial charge in [-0.05, 0) is 12.8 Å². The highest BCUT2D eigenvalue weighted by atomic mass is 16.5. The summed E-state index contributed by atoms with van der Waals surface area (Å²) in [6.07, 6.45) is 1.58. The summed E-state index contributed by atoms with van der Waals surface area (Å²) in [7, 11) is 0. The largest absolute Gasteiger partial charge is 0.394 e. The normalized spacial score (nSPS) is 26.0. The van der Waals surface area contributed by atoms with Gasteiger partial charge < -0.3 is 24.4 Å². The van der Waals surface area contributed by atoms with Crippen molar-refractivity contribution < 1.29 is 24.3 Å². The molecule has 24 heavy (non-hydrogen) atoms. The number of ether oxygens (including phenoxy) is 1. The topological polar surface area (TPSA) is 96.0 Å². The third kappa shape index (κ3) is 2.96. The molecule has 134 valence electrons. The van der Waals surface area contributed by atoms with E-state index in [2.05, 4.69) is 5.16 Å². The summed E-state index contributed by atoms with van der Waals surface area (Å²) in [5.41, 5.74) is 0.0654. The fraction of sp³-hybridized carbons (Fsp3) is 0.765. The highest BCUT2D eigenvalue weighted by Crippen LogP contribution is 2.51. The second-order valence-corrected chi connectivity index (χ2v) is 7.13. The zero-order chi connectivity index (χ0) is 17.3. The molecule has 2 unspecified atom stereocenters. The summed E-state index contributed by atoms with van der Waals surface area (Å²) in [4.78, 5) is 14.3. The molecule has 2 atom stereocenters. The van der Waals surface area contributed by atoms with Gasteiger partial charge in [0, 0.05) is 36.9 Å². The Morgan fingerprint density at radius 1 is 1.50 bits per heavy atom. The number of carbonyl (C=O) groups excluding carboxylic acids is 1. The summed E-state index contributed by atoms with van der Waals surface area (Å²) in [5.74, 6) is 0.777. The Balaban J connectivity index is 1.60. The highest BCUT2D eigenvalue weighted by molar-refractivity contribution is 5.92. The predicted octanol–water partition coefficient (Wildman–Crippen LogP) is 1.16. The van der Waals surface area contributed by atoms with E-state index in [4.69, 9.17) is 14.4 Å². The first kappa shape index (κ1) is 17.4. The van der Waals surface area contributed by atoms with Crippen molar-refractivity contribution in [1.82, 2.24) is 10.1 Å². The number of likely N-dealkylation sites (tertiary alicyclic amines) is 1. The van der Waals surface area contributed by atoms with Gasteiger partial charge >= 0.3 is 0 Å². The Bertz CT molecular complexity index is 577. The number of nitrogens with zero attached hydrogens (tertiary/aromatic N) is 2. The summed E-state index contributed by atoms with van der Waals surface area (Å²) >= 11 is 0. The SMILES string of the molecule is CC(C)c1cc(C(=O)N2CCC3(CC2)C(O)CC3OCCO)no1. The van der Waals surface area contributed by atoms with Crippen LogP contribution in [0.15, 0.2) is 10.6 Å². The lowest BCUT2D eigenvalue weighted by Crippen LogP contribution is -2.62. The number of amides is 1. The molecule has 3 rings (SSSR count). The van der Waals surface area contributed by atoms with Crippen molar-refractivity contribution in [3.8, 4) is 0 Å². The van der Waals surface area contributed by atoms with Gasteiger partial charge in [-0.3, -0.25) is 4.79 Å². The van der Waals surface area contributed by atoms with E-state index < -0.39 is 6.10 Å². The third-order valence-electron chi connectivity index (χ3n) is 5.45. The van der Waals surface area contributed by atoms with Gasteiger partial charge in [0.25, 0.3) is 5.91 Å². The van der Waals surface area contributed by atoms with E-state index in [1.807, 2.05) is 13.8 Å². The van der Waals surface area contributed by atoms with Crippen LogP contribution in [0.25, 0.3) is 0 Å². The van der Waals surface area contributed by atoms with Crippen LogP contribution in [0, 0.1) is 5.41 Å². The zero-order valence-corrected chi connectivity index (χ0v) is 14.3. The lowest BCUT2D eigenvalue weighted by atomic mass is 9.58. The minimum Gasteiger partial charge on any atom is -0.394 e. The quantitative estimate of drug-likeness (QED) is 0.836.